The van der Waals surface area contributed by atoms with Gasteiger partial charge in [-0.1, -0.05) is 41.6 Å². The Morgan fingerprint density at radius 3 is 2.67 bits per heavy atom. The van der Waals surface area contributed by atoms with Gasteiger partial charge in [0.25, 0.3) is 6.47 Å². The van der Waals surface area contributed by atoms with Gasteiger partial charge in [0.1, 0.15) is 28.1 Å². The van der Waals surface area contributed by atoms with E-state index in [9.17, 15) is 9.90 Å². The van der Waals surface area contributed by atoms with Crippen LogP contribution in [0.25, 0.3) is 11.0 Å². The first-order valence-corrected chi connectivity index (χ1v) is 13.9. The molecule has 2 atom stereocenters. The lowest BCUT2D eigenvalue weighted by Gasteiger charge is -2.34. The molecule has 2 unspecified atom stereocenters. The standard InChI is InChI=1S/C31H34N4O4.CH2O2/c1-31(2)18-35(17-21-7-5-6-8-27(21)39-31)26-12-11-19-9-10-20(13-24(19)26)23(16-29(36)37)22-14-25-30(28(15-22)38-4)34(3)33-32-25;2-1-3/h5-10,13-15,23,26H,11-12,16-18H2,1-4H3,(H,36,37);1H,(H,2,3). The second-order valence-corrected chi connectivity index (χ2v) is 11.4. The molecule has 1 aromatic heterocycles. The van der Waals surface area contributed by atoms with Gasteiger partial charge in [-0.25, -0.2) is 4.68 Å². The van der Waals surface area contributed by atoms with Crippen LogP contribution in [-0.4, -0.2) is 61.8 Å². The van der Waals surface area contributed by atoms with Crippen molar-refractivity contribution >= 4 is 23.5 Å². The van der Waals surface area contributed by atoms with Gasteiger partial charge in [0, 0.05) is 37.7 Å². The van der Waals surface area contributed by atoms with Crippen LogP contribution in [-0.2, 0) is 29.6 Å². The minimum absolute atomic E-state index is 0.0314. The SMILES string of the molecule is COc1cc(C(CC(=O)O)c2ccc3c(c2)C(N2Cc4ccccc4OC(C)(C)C2)CC3)cc2nnn(C)c12.O=CO. The van der Waals surface area contributed by atoms with Crippen molar-refractivity contribution in [1.82, 2.24) is 19.9 Å². The highest BCUT2D eigenvalue weighted by atomic mass is 16.5. The topological polar surface area (TPSA) is 127 Å². The Morgan fingerprint density at radius 1 is 1.17 bits per heavy atom. The molecule has 10 nitrogen and oxygen atoms in total. The molecule has 1 aliphatic heterocycles. The molecule has 3 aromatic carbocycles. The Morgan fingerprint density at radius 2 is 1.93 bits per heavy atom. The van der Waals surface area contributed by atoms with Gasteiger partial charge in [-0.2, -0.15) is 0 Å². The highest BCUT2D eigenvalue weighted by Crippen LogP contribution is 2.43. The Labute approximate surface area is 244 Å². The van der Waals surface area contributed by atoms with E-state index >= 15 is 0 Å². The maximum Gasteiger partial charge on any atom is 0.304 e. The normalized spacial score (nSPS) is 18.0. The summed E-state index contributed by atoms with van der Waals surface area (Å²) in [6.07, 6.45) is 2.00. The Kier molecular flexibility index (Phi) is 8.17. The Hall–Kier alpha value is -4.44. The van der Waals surface area contributed by atoms with E-state index in [-0.39, 0.29) is 30.5 Å². The van der Waals surface area contributed by atoms with E-state index in [0.29, 0.717) is 11.3 Å². The summed E-state index contributed by atoms with van der Waals surface area (Å²) in [5.41, 5.74) is 6.79. The van der Waals surface area contributed by atoms with E-state index in [1.165, 1.54) is 16.7 Å². The molecule has 0 amide bonds. The van der Waals surface area contributed by atoms with Crippen LogP contribution in [0.1, 0.15) is 66.5 Å². The van der Waals surface area contributed by atoms with Crippen LogP contribution in [0.5, 0.6) is 11.5 Å². The number of hydrogen-bond acceptors (Lipinski definition) is 7. The Bertz CT molecular complexity index is 1610. The number of fused-ring (bicyclic) bond motifs is 3. The summed E-state index contributed by atoms with van der Waals surface area (Å²) in [6, 6.07) is 18.9. The van der Waals surface area contributed by atoms with E-state index in [1.807, 2.05) is 25.2 Å². The van der Waals surface area contributed by atoms with Gasteiger partial charge in [-0.3, -0.25) is 14.5 Å². The lowest BCUT2D eigenvalue weighted by Crippen LogP contribution is -2.41. The minimum Gasteiger partial charge on any atom is -0.494 e. The fourth-order valence-corrected chi connectivity index (χ4v) is 6.38. The minimum atomic E-state index is -0.849. The lowest BCUT2D eigenvalue weighted by atomic mass is 9.86. The van der Waals surface area contributed by atoms with Gasteiger partial charge in [0.2, 0.25) is 0 Å². The molecule has 1 aliphatic carbocycles. The number of carbonyl (C=O) groups is 2. The highest BCUT2D eigenvalue weighted by Gasteiger charge is 2.36. The number of ether oxygens (including phenoxy) is 2. The smallest absolute Gasteiger partial charge is 0.304 e. The monoisotopic (exact) mass is 572 g/mol. The molecule has 0 fully saturated rings. The van der Waals surface area contributed by atoms with Crippen LogP contribution in [0.15, 0.2) is 54.6 Å². The third kappa shape index (κ3) is 5.80. The summed E-state index contributed by atoms with van der Waals surface area (Å²) in [7, 11) is 3.43. The summed E-state index contributed by atoms with van der Waals surface area (Å²) in [4.78, 5) is 23.0. The number of nitrogens with zero attached hydrogens (tertiary/aromatic N) is 4. The number of rotatable bonds is 6. The lowest BCUT2D eigenvalue weighted by molar-refractivity contribution is -0.137. The molecule has 0 radical (unpaired) electrons. The molecular formula is C32H36N4O6. The van der Waals surface area contributed by atoms with Crippen molar-refractivity contribution in [3.05, 3.63) is 82.4 Å². The molecule has 42 heavy (non-hydrogen) atoms. The molecule has 6 rings (SSSR count). The average molecular weight is 573 g/mol. The van der Waals surface area contributed by atoms with Crippen LogP contribution >= 0.6 is 0 Å². The molecule has 0 spiro atoms. The third-order valence-corrected chi connectivity index (χ3v) is 8.06. The number of hydrogen-bond donors (Lipinski definition) is 2. The number of para-hydroxylation sites is 1. The number of carboxylic acid groups (broad SMARTS) is 2. The number of aromatic nitrogens is 3. The molecule has 2 N–H and O–H groups in total. The van der Waals surface area contributed by atoms with Crippen LogP contribution in [0.3, 0.4) is 0 Å². The van der Waals surface area contributed by atoms with Gasteiger partial charge in [-0.05, 0) is 67.1 Å². The van der Waals surface area contributed by atoms with Gasteiger partial charge >= 0.3 is 5.97 Å². The summed E-state index contributed by atoms with van der Waals surface area (Å²) >= 11 is 0. The predicted octanol–water partition coefficient (Wildman–Crippen LogP) is 4.94. The molecule has 0 bridgehead atoms. The maximum absolute atomic E-state index is 12.1. The van der Waals surface area contributed by atoms with Crippen molar-refractivity contribution in [3.8, 4) is 11.5 Å². The van der Waals surface area contributed by atoms with Crippen molar-refractivity contribution in [2.75, 3.05) is 13.7 Å². The second-order valence-electron chi connectivity index (χ2n) is 11.4. The largest absolute Gasteiger partial charge is 0.494 e. The van der Waals surface area contributed by atoms with E-state index in [2.05, 4.69) is 65.5 Å². The van der Waals surface area contributed by atoms with Crippen molar-refractivity contribution in [2.24, 2.45) is 7.05 Å². The zero-order valence-corrected chi connectivity index (χ0v) is 24.3. The first-order valence-electron chi connectivity index (χ1n) is 13.9. The predicted molar refractivity (Wildman–Crippen MR) is 157 cm³/mol. The average Bonchev–Trinajstić information content (AvgIpc) is 3.51. The highest BCUT2D eigenvalue weighted by molar-refractivity contribution is 5.83. The molecule has 10 heteroatoms. The van der Waals surface area contributed by atoms with E-state index in [4.69, 9.17) is 19.4 Å². The number of methoxy groups -OCH3 is 1. The van der Waals surface area contributed by atoms with Crippen LogP contribution < -0.4 is 9.47 Å². The summed E-state index contributed by atoms with van der Waals surface area (Å²) < 4.78 is 13.8. The Balaban J connectivity index is 0.00000113. The quantitative estimate of drug-likeness (QED) is 0.309. The molecule has 2 aliphatic rings. The number of aryl methyl sites for hydroxylation is 2. The molecule has 220 valence electrons. The number of carboxylic acids is 1. The van der Waals surface area contributed by atoms with E-state index < -0.39 is 5.97 Å². The van der Waals surface area contributed by atoms with Crippen molar-refractivity contribution in [2.45, 2.75) is 57.2 Å². The van der Waals surface area contributed by atoms with Gasteiger partial charge < -0.3 is 19.7 Å². The van der Waals surface area contributed by atoms with Crippen LogP contribution in [0, 0.1) is 0 Å². The molecule has 2 heterocycles. The number of aliphatic carboxylic acids is 1. The maximum atomic E-state index is 12.1. The fraction of sp³-hybridized carbons (Fsp3) is 0.375. The van der Waals surface area contributed by atoms with Crippen molar-refractivity contribution < 1.29 is 29.3 Å². The fourth-order valence-electron chi connectivity index (χ4n) is 6.38. The van der Waals surface area contributed by atoms with Crippen LogP contribution in [0.2, 0.25) is 0 Å². The second kappa shape index (κ2) is 11.8. The van der Waals surface area contributed by atoms with Crippen molar-refractivity contribution in [3.63, 3.8) is 0 Å². The first kappa shape index (κ1) is 29.1. The zero-order valence-electron chi connectivity index (χ0n) is 24.3. The van der Waals surface area contributed by atoms with Crippen LogP contribution in [0.4, 0.5) is 0 Å². The number of benzene rings is 3. The summed E-state index contributed by atoms with van der Waals surface area (Å²) in [5, 5.41) is 25.2. The summed E-state index contributed by atoms with van der Waals surface area (Å²) in [5.74, 6) is 0.388. The van der Waals surface area contributed by atoms with E-state index in [1.54, 1.807) is 11.8 Å². The third-order valence-electron chi connectivity index (χ3n) is 8.06. The van der Waals surface area contributed by atoms with Gasteiger partial charge in [0.05, 0.1) is 13.5 Å². The molecule has 0 saturated carbocycles. The van der Waals surface area contributed by atoms with Gasteiger partial charge in [-0.15, -0.1) is 5.10 Å². The van der Waals surface area contributed by atoms with E-state index in [0.717, 1.165) is 48.3 Å². The van der Waals surface area contributed by atoms with Gasteiger partial charge in [0.15, 0.2) is 0 Å². The molecular weight excluding hydrogens is 536 g/mol. The first-order chi connectivity index (χ1) is 20.1. The van der Waals surface area contributed by atoms with Crippen molar-refractivity contribution in [1.29, 1.82) is 0 Å². The molecule has 0 saturated heterocycles. The summed E-state index contributed by atoms with van der Waals surface area (Å²) in [6.45, 7) is 5.66. The zero-order chi connectivity index (χ0) is 30.0. The molecule has 4 aromatic rings.